The van der Waals surface area contributed by atoms with Gasteiger partial charge < -0.3 is 4.89 Å². The number of benzene rings is 6. The Morgan fingerprint density at radius 1 is 0.581 bits per heavy atom. The van der Waals surface area contributed by atoms with Gasteiger partial charge in [0.05, 0.1) is 0 Å². The summed E-state index contributed by atoms with van der Waals surface area (Å²) in [7, 11) is -12.6. The monoisotopic (exact) mass is 616 g/mol. The summed E-state index contributed by atoms with van der Waals surface area (Å²) in [6.45, 7) is 0. The molecule has 0 aliphatic carbocycles. The van der Waals surface area contributed by atoms with E-state index in [0.29, 0.717) is 32.7 Å². The maximum absolute atomic E-state index is 14.3. The lowest BCUT2D eigenvalue weighted by molar-refractivity contribution is -0.195. The van der Waals surface area contributed by atoms with Crippen LogP contribution in [-0.2, 0) is 9.46 Å². The first kappa shape index (κ1) is 27.4. The summed E-state index contributed by atoms with van der Waals surface area (Å²) in [5.74, 6) is -0.564. The minimum absolute atomic E-state index is 0.262. The fourth-order valence-electron chi connectivity index (χ4n) is 5.47. The normalized spacial score (nSPS) is 14.3. The molecule has 7 rings (SSSR count). The van der Waals surface area contributed by atoms with Crippen molar-refractivity contribution in [2.75, 3.05) is 0 Å². The molecule has 6 aromatic carbocycles. The average Bonchev–Trinajstić information content (AvgIpc) is 3.16. The lowest BCUT2D eigenvalue weighted by Gasteiger charge is -2.27. The number of rotatable bonds is 3. The number of hydrogen-bond acceptors (Lipinski definition) is 5. The summed E-state index contributed by atoms with van der Waals surface area (Å²) in [5.41, 5.74) is -3.82. The lowest BCUT2D eigenvalue weighted by Crippen LogP contribution is -2.36. The summed E-state index contributed by atoms with van der Waals surface area (Å²) in [6, 6.07) is 35.0. The van der Waals surface area contributed by atoms with Gasteiger partial charge in [-0.05, 0) is 44.8 Å². The zero-order chi connectivity index (χ0) is 30.0. The van der Waals surface area contributed by atoms with Crippen LogP contribution in [0.4, 0.5) is 13.2 Å². The molecular weight excluding hydrogens is 596 g/mol. The van der Waals surface area contributed by atoms with Gasteiger partial charge in [0, 0.05) is 22.3 Å². The van der Waals surface area contributed by atoms with E-state index >= 15 is 0 Å². The molecule has 0 saturated carbocycles. The van der Waals surface area contributed by atoms with Crippen molar-refractivity contribution >= 4 is 38.1 Å². The number of alkyl halides is 3. The lowest BCUT2D eigenvalue weighted by atomic mass is 9.86. The smallest absolute Gasteiger partial charge is 0.538 e. The second-order valence-corrected chi connectivity index (χ2v) is 15.4. The van der Waals surface area contributed by atoms with Crippen LogP contribution >= 0.6 is 7.15 Å². The third-order valence-corrected chi connectivity index (χ3v) is 12.2. The van der Waals surface area contributed by atoms with Gasteiger partial charge in [-0.25, -0.2) is 0 Å². The van der Waals surface area contributed by atoms with Gasteiger partial charge >= 0.3 is 22.1 Å². The van der Waals surface area contributed by atoms with E-state index in [1.165, 1.54) is 0 Å². The highest BCUT2D eigenvalue weighted by Gasteiger charge is 2.68. The Hall–Kier alpha value is -4.43. The zero-order valence-corrected chi connectivity index (χ0v) is 23.8. The van der Waals surface area contributed by atoms with E-state index in [9.17, 15) is 26.5 Å². The molecule has 0 N–H and O–H groups in total. The van der Waals surface area contributed by atoms with Crippen molar-refractivity contribution in [1.29, 1.82) is 0 Å². The summed E-state index contributed by atoms with van der Waals surface area (Å²) in [5, 5.41) is 2.52. The van der Waals surface area contributed by atoms with Crippen molar-refractivity contribution in [3.63, 3.8) is 0 Å². The molecule has 0 spiro atoms. The van der Waals surface area contributed by atoms with Gasteiger partial charge in [0.25, 0.3) is 0 Å². The van der Waals surface area contributed by atoms with Crippen LogP contribution in [0, 0.1) is 0 Å². The Bertz CT molecular complexity index is 2020. The van der Waals surface area contributed by atoms with Crippen LogP contribution in [0.25, 0.3) is 54.9 Å². The second-order valence-electron chi connectivity index (χ2n) is 9.98. The predicted molar refractivity (Wildman–Crippen MR) is 161 cm³/mol. The van der Waals surface area contributed by atoms with Crippen molar-refractivity contribution in [3.8, 4) is 44.9 Å². The van der Waals surface area contributed by atoms with E-state index in [1.54, 1.807) is 97.1 Å². The molecule has 1 heterocycles. The topological polar surface area (TPSA) is 75.7 Å². The molecule has 0 atom stereocenters. The number of hydrogen-bond donors (Lipinski definition) is 0. The number of halogens is 3. The van der Waals surface area contributed by atoms with Crippen LogP contribution in [0.15, 0.2) is 121 Å². The molecule has 0 aromatic heterocycles. The first-order chi connectivity index (χ1) is 20.6. The Morgan fingerprint density at radius 2 is 0.953 bits per heavy atom. The molecule has 0 saturated heterocycles. The first-order valence-corrected chi connectivity index (χ1v) is 16.8. The van der Waals surface area contributed by atoms with Gasteiger partial charge in [0.2, 0.25) is 0 Å². The van der Waals surface area contributed by atoms with E-state index in [1.807, 2.05) is 24.3 Å². The molecular formula is C33H20F3O5PS. The van der Waals surface area contributed by atoms with Gasteiger partial charge in [-0.15, -0.1) is 0 Å². The summed E-state index contributed by atoms with van der Waals surface area (Å²) in [6.07, 6.45) is 0. The highest BCUT2D eigenvalue weighted by molar-refractivity contribution is 8.52. The van der Waals surface area contributed by atoms with Gasteiger partial charge in [-0.1, -0.05) is 109 Å². The molecule has 0 amide bonds. The molecule has 10 heteroatoms. The van der Waals surface area contributed by atoms with Crippen LogP contribution in [0.3, 0.4) is 0 Å². The largest absolute Gasteiger partial charge is 0.603 e. The van der Waals surface area contributed by atoms with Gasteiger partial charge in [0.1, 0.15) is 0 Å². The first-order valence-electron chi connectivity index (χ1n) is 13.1. The Balaban J connectivity index is 1.74. The molecule has 0 bridgehead atoms. The van der Waals surface area contributed by atoms with Crippen molar-refractivity contribution in [2.45, 2.75) is 5.51 Å². The van der Waals surface area contributed by atoms with Crippen molar-refractivity contribution < 1.29 is 35.5 Å². The van der Waals surface area contributed by atoms with Gasteiger partial charge in [-0.3, -0.25) is 9.05 Å². The minimum atomic E-state index is -6.50. The van der Waals surface area contributed by atoms with E-state index in [4.69, 9.17) is 9.05 Å². The SMILES string of the molecule is O=S(=O)(C(F)(F)F)[P+]1([O-])Oc2c(-c3ccccc3)cc3ccccc3c2-c2c(c(-c3ccccc3)cc3ccccc23)O1. The maximum atomic E-state index is 14.3. The van der Waals surface area contributed by atoms with E-state index in [-0.39, 0.29) is 33.8 Å². The van der Waals surface area contributed by atoms with Crippen LogP contribution in [0.5, 0.6) is 11.5 Å². The number of fused-ring (bicyclic) bond motifs is 7. The van der Waals surface area contributed by atoms with Gasteiger partial charge in [-0.2, -0.15) is 21.6 Å². The summed E-state index contributed by atoms with van der Waals surface area (Å²) < 4.78 is 80.1. The molecule has 5 nitrogen and oxygen atoms in total. The Morgan fingerprint density at radius 3 is 1.35 bits per heavy atom. The predicted octanol–water partition coefficient (Wildman–Crippen LogP) is 8.74. The third kappa shape index (κ3) is 4.27. The van der Waals surface area contributed by atoms with Crippen LogP contribution in [0.2, 0.25) is 0 Å². The van der Waals surface area contributed by atoms with Crippen molar-refractivity contribution in [2.24, 2.45) is 0 Å². The molecule has 214 valence electrons. The molecule has 1 aliphatic rings. The molecule has 1 aliphatic heterocycles. The zero-order valence-electron chi connectivity index (χ0n) is 22.1. The molecule has 0 radical (unpaired) electrons. The third-order valence-electron chi connectivity index (χ3n) is 7.42. The molecule has 43 heavy (non-hydrogen) atoms. The molecule has 0 unspecified atom stereocenters. The maximum Gasteiger partial charge on any atom is 0.538 e. The van der Waals surface area contributed by atoms with Gasteiger partial charge in [0.15, 0.2) is 11.5 Å². The Labute approximate surface area is 245 Å². The fourth-order valence-corrected chi connectivity index (χ4v) is 8.58. The highest BCUT2D eigenvalue weighted by Crippen LogP contribution is 2.69. The van der Waals surface area contributed by atoms with Crippen LogP contribution < -0.4 is 13.9 Å². The minimum Gasteiger partial charge on any atom is -0.603 e. The molecule has 6 aromatic rings. The van der Waals surface area contributed by atoms with Crippen molar-refractivity contribution in [1.82, 2.24) is 0 Å². The second kappa shape index (κ2) is 9.81. The van der Waals surface area contributed by atoms with Crippen LogP contribution in [-0.4, -0.2) is 13.9 Å². The molecule has 0 fully saturated rings. The van der Waals surface area contributed by atoms with Crippen molar-refractivity contribution in [3.05, 3.63) is 121 Å². The van der Waals surface area contributed by atoms with Crippen LogP contribution in [0.1, 0.15) is 0 Å². The standard InChI is InChI=1S/C33H20F3O5PS/c34-33(35,36)43(38,39)42(37)40-31-27(21-11-3-1-4-12-21)19-23-15-7-9-17-25(23)29(31)30-26-18-10-8-16-24(26)20-28(32(30)41-42)22-13-5-2-6-14-22/h1-20H. The average molecular weight is 617 g/mol. The summed E-state index contributed by atoms with van der Waals surface area (Å²) >= 11 is 0. The fraction of sp³-hybridized carbons (Fsp3) is 0.0303. The Kier molecular flexibility index (Phi) is 6.25. The van der Waals surface area contributed by atoms with E-state index in [2.05, 4.69) is 0 Å². The van der Waals surface area contributed by atoms with E-state index in [0.717, 1.165) is 0 Å². The quantitative estimate of drug-likeness (QED) is 0.186. The summed E-state index contributed by atoms with van der Waals surface area (Å²) in [4.78, 5) is 14.3. The highest BCUT2D eigenvalue weighted by atomic mass is 32.8. The van der Waals surface area contributed by atoms with E-state index < -0.39 is 22.1 Å².